The van der Waals surface area contributed by atoms with Gasteiger partial charge in [-0.1, -0.05) is 0 Å². The maximum atomic E-state index is 10.8. The van der Waals surface area contributed by atoms with Crippen LogP contribution < -0.4 is 4.74 Å². The van der Waals surface area contributed by atoms with E-state index in [1.54, 1.807) is 0 Å². The van der Waals surface area contributed by atoms with Gasteiger partial charge in [0, 0.05) is 12.0 Å². The summed E-state index contributed by atoms with van der Waals surface area (Å²) in [5.41, 5.74) is 0.798. The van der Waals surface area contributed by atoms with E-state index in [-0.39, 0.29) is 17.4 Å². The number of aromatic carboxylic acids is 1. The molecule has 1 aromatic carbocycles. The molecule has 0 radical (unpaired) electrons. The number of ether oxygens (including phenoxy) is 1. The van der Waals surface area contributed by atoms with Gasteiger partial charge in [-0.05, 0) is 19.1 Å². The molecule has 0 fully saturated rings. The lowest BCUT2D eigenvalue weighted by molar-refractivity contribution is 0.0696. The van der Waals surface area contributed by atoms with E-state index in [1.807, 2.05) is 6.92 Å². The quantitative estimate of drug-likeness (QED) is 0.709. The number of benzene rings is 1. The van der Waals surface area contributed by atoms with Crippen molar-refractivity contribution in [2.75, 3.05) is 0 Å². The molecule has 4 heteroatoms. The van der Waals surface area contributed by atoms with Crippen molar-refractivity contribution in [3.8, 4) is 11.5 Å². The second kappa shape index (κ2) is 2.90. The monoisotopic (exact) mass is 194 g/mol. The summed E-state index contributed by atoms with van der Waals surface area (Å²) in [5.74, 6) is -0.661. The van der Waals surface area contributed by atoms with Crippen LogP contribution in [-0.4, -0.2) is 22.3 Å². The van der Waals surface area contributed by atoms with E-state index in [1.165, 1.54) is 12.1 Å². The van der Waals surface area contributed by atoms with Gasteiger partial charge in [-0.25, -0.2) is 4.79 Å². The van der Waals surface area contributed by atoms with Crippen LogP contribution in [0.3, 0.4) is 0 Å². The number of hydrogen-bond acceptors (Lipinski definition) is 3. The number of carbonyl (C=O) groups is 1. The molecule has 2 rings (SSSR count). The highest BCUT2D eigenvalue weighted by molar-refractivity contribution is 5.91. The molecule has 0 spiro atoms. The summed E-state index contributed by atoms with van der Waals surface area (Å²) in [6.07, 6.45) is 0.460. The smallest absolute Gasteiger partial charge is 0.336 e. The van der Waals surface area contributed by atoms with E-state index in [9.17, 15) is 9.90 Å². The fourth-order valence-corrected chi connectivity index (χ4v) is 1.68. The van der Waals surface area contributed by atoms with Crippen LogP contribution in [0.15, 0.2) is 12.1 Å². The molecule has 1 aliphatic heterocycles. The normalized spacial score (nSPS) is 18.8. The Bertz CT molecular complexity index is 397. The number of phenolic OH excluding ortho intramolecular Hbond substituents is 1. The van der Waals surface area contributed by atoms with Gasteiger partial charge in [0.2, 0.25) is 0 Å². The van der Waals surface area contributed by atoms with Gasteiger partial charge in [0.1, 0.15) is 6.10 Å². The summed E-state index contributed by atoms with van der Waals surface area (Å²) >= 11 is 0. The largest absolute Gasteiger partial charge is 0.504 e. The van der Waals surface area contributed by atoms with Crippen LogP contribution in [0.2, 0.25) is 0 Å². The first-order chi connectivity index (χ1) is 6.59. The SMILES string of the molecule is CC1Cc2c(C(=O)O)ccc(O)c2O1. The summed E-state index contributed by atoms with van der Waals surface area (Å²) in [4.78, 5) is 10.8. The number of aromatic hydroxyl groups is 1. The van der Waals surface area contributed by atoms with Crippen molar-refractivity contribution in [1.82, 2.24) is 0 Å². The molecule has 0 amide bonds. The molecule has 1 aliphatic rings. The Morgan fingerprint density at radius 3 is 2.93 bits per heavy atom. The zero-order chi connectivity index (χ0) is 10.3. The minimum atomic E-state index is -0.987. The van der Waals surface area contributed by atoms with Gasteiger partial charge in [0.25, 0.3) is 0 Å². The number of carboxylic acid groups (broad SMARTS) is 1. The standard InChI is InChI=1S/C10H10O4/c1-5-4-7-6(10(12)13)2-3-8(11)9(7)14-5/h2-3,5,11H,4H2,1H3,(H,12,13). The third-order valence-electron chi connectivity index (χ3n) is 2.28. The second-order valence-corrected chi connectivity index (χ2v) is 3.38. The molecule has 2 N–H and O–H groups in total. The van der Waals surface area contributed by atoms with Gasteiger partial charge in [-0.15, -0.1) is 0 Å². The predicted molar refractivity (Wildman–Crippen MR) is 48.9 cm³/mol. The van der Waals surface area contributed by atoms with E-state index in [0.717, 1.165) is 0 Å². The van der Waals surface area contributed by atoms with Crippen LogP contribution in [0.5, 0.6) is 11.5 Å². The summed E-state index contributed by atoms with van der Waals surface area (Å²) in [7, 11) is 0. The molecular formula is C10H10O4. The van der Waals surface area contributed by atoms with Gasteiger partial charge in [0.15, 0.2) is 11.5 Å². The van der Waals surface area contributed by atoms with Gasteiger partial charge < -0.3 is 14.9 Å². The average molecular weight is 194 g/mol. The van der Waals surface area contributed by atoms with E-state index < -0.39 is 5.97 Å². The Labute approximate surface area is 80.7 Å². The summed E-state index contributed by atoms with van der Waals surface area (Å²) in [6, 6.07) is 2.75. The van der Waals surface area contributed by atoms with Crippen LogP contribution in [0.4, 0.5) is 0 Å². The van der Waals surface area contributed by atoms with Gasteiger partial charge in [0.05, 0.1) is 5.56 Å². The van der Waals surface area contributed by atoms with Crippen LogP contribution in [0.25, 0.3) is 0 Å². The molecule has 0 aromatic heterocycles. The highest BCUT2D eigenvalue weighted by Crippen LogP contribution is 2.39. The summed E-state index contributed by atoms with van der Waals surface area (Å²) in [6.45, 7) is 1.84. The summed E-state index contributed by atoms with van der Waals surface area (Å²) < 4.78 is 5.32. The zero-order valence-corrected chi connectivity index (χ0v) is 7.65. The molecule has 1 atom stereocenters. The maximum absolute atomic E-state index is 10.8. The zero-order valence-electron chi connectivity index (χ0n) is 7.65. The van der Waals surface area contributed by atoms with E-state index in [4.69, 9.17) is 9.84 Å². The highest BCUT2D eigenvalue weighted by atomic mass is 16.5. The Kier molecular flexibility index (Phi) is 1.84. The predicted octanol–water partition coefficient (Wildman–Crippen LogP) is 1.41. The highest BCUT2D eigenvalue weighted by Gasteiger charge is 2.27. The van der Waals surface area contributed by atoms with Crippen molar-refractivity contribution in [1.29, 1.82) is 0 Å². The minimum Gasteiger partial charge on any atom is -0.504 e. The first kappa shape index (κ1) is 8.87. The van der Waals surface area contributed by atoms with Crippen molar-refractivity contribution < 1.29 is 19.7 Å². The fraction of sp³-hybridized carbons (Fsp3) is 0.300. The van der Waals surface area contributed by atoms with Crippen molar-refractivity contribution >= 4 is 5.97 Å². The number of carboxylic acids is 1. The Balaban J connectivity index is 2.59. The Morgan fingerprint density at radius 2 is 2.29 bits per heavy atom. The maximum Gasteiger partial charge on any atom is 0.336 e. The minimum absolute atomic E-state index is 0.00866. The molecule has 1 unspecified atom stereocenters. The van der Waals surface area contributed by atoms with Crippen molar-refractivity contribution in [3.05, 3.63) is 23.3 Å². The molecule has 0 aliphatic carbocycles. The molecular weight excluding hydrogens is 184 g/mol. The molecule has 4 nitrogen and oxygen atoms in total. The lowest BCUT2D eigenvalue weighted by atomic mass is 10.0. The third kappa shape index (κ3) is 1.19. The molecule has 0 bridgehead atoms. The molecule has 1 aromatic rings. The van der Waals surface area contributed by atoms with Gasteiger partial charge >= 0.3 is 5.97 Å². The molecule has 74 valence electrons. The lowest BCUT2D eigenvalue weighted by Crippen LogP contribution is -2.06. The van der Waals surface area contributed by atoms with Crippen molar-refractivity contribution in [3.63, 3.8) is 0 Å². The lowest BCUT2D eigenvalue weighted by Gasteiger charge is -2.05. The van der Waals surface area contributed by atoms with E-state index in [0.29, 0.717) is 17.7 Å². The topological polar surface area (TPSA) is 66.8 Å². The van der Waals surface area contributed by atoms with E-state index >= 15 is 0 Å². The Morgan fingerprint density at radius 1 is 1.57 bits per heavy atom. The number of hydrogen-bond donors (Lipinski definition) is 2. The third-order valence-corrected chi connectivity index (χ3v) is 2.28. The molecule has 0 saturated heterocycles. The van der Waals surface area contributed by atoms with Crippen LogP contribution in [-0.2, 0) is 6.42 Å². The average Bonchev–Trinajstić information content (AvgIpc) is 2.47. The number of fused-ring (bicyclic) bond motifs is 1. The molecule has 1 heterocycles. The van der Waals surface area contributed by atoms with Crippen LogP contribution in [0, 0.1) is 0 Å². The molecule has 14 heavy (non-hydrogen) atoms. The first-order valence-corrected chi connectivity index (χ1v) is 4.34. The van der Waals surface area contributed by atoms with Crippen molar-refractivity contribution in [2.45, 2.75) is 19.4 Å². The summed E-state index contributed by atoms with van der Waals surface area (Å²) in [5, 5.41) is 18.3. The number of rotatable bonds is 1. The first-order valence-electron chi connectivity index (χ1n) is 4.34. The number of phenols is 1. The van der Waals surface area contributed by atoms with Crippen LogP contribution in [0.1, 0.15) is 22.8 Å². The fourth-order valence-electron chi connectivity index (χ4n) is 1.68. The second-order valence-electron chi connectivity index (χ2n) is 3.38. The van der Waals surface area contributed by atoms with Gasteiger partial charge in [-0.3, -0.25) is 0 Å². The van der Waals surface area contributed by atoms with Crippen LogP contribution >= 0.6 is 0 Å². The Hall–Kier alpha value is -1.71. The van der Waals surface area contributed by atoms with Crippen molar-refractivity contribution in [2.24, 2.45) is 0 Å². The van der Waals surface area contributed by atoms with E-state index in [2.05, 4.69) is 0 Å². The molecule has 0 saturated carbocycles. The van der Waals surface area contributed by atoms with Gasteiger partial charge in [-0.2, -0.15) is 0 Å².